The quantitative estimate of drug-likeness (QED) is 0.693. The predicted octanol–water partition coefficient (Wildman–Crippen LogP) is 1.63. The van der Waals surface area contributed by atoms with Gasteiger partial charge in [0.25, 0.3) is 0 Å². The van der Waals surface area contributed by atoms with Gasteiger partial charge < -0.3 is 4.90 Å². The third-order valence-corrected chi connectivity index (χ3v) is 2.57. The van der Waals surface area contributed by atoms with E-state index >= 15 is 0 Å². The number of hydrogen-bond donors (Lipinski definition) is 0. The normalized spacial score (nSPS) is 14.7. The average Bonchev–Trinajstić information content (AvgIpc) is 3.01. The van der Waals surface area contributed by atoms with Gasteiger partial charge in [-0.3, -0.25) is 0 Å². The Morgan fingerprint density at radius 3 is 2.93 bits per heavy atom. The Bertz CT molecular complexity index is 377. The minimum absolute atomic E-state index is 0.632. The van der Waals surface area contributed by atoms with Crippen molar-refractivity contribution in [1.29, 1.82) is 0 Å². The van der Waals surface area contributed by atoms with Crippen LogP contribution in [0.3, 0.4) is 0 Å². The molecule has 0 bridgehead atoms. The van der Waals surface area contributed by atoms with Crippen LogP contribution in [0.4, 0.5) is 5.82 Å². The van der Waals surface area contributed by atoms with Gasteiger partial charge in [-0.05, 0) is 25.7 Å². The molecule has 1 heterocycles. The van der Waals surface area contributed by atoms with Crippen molar-refractivity contribution in [3.8, 4) is 12.3 Å². The van der Waals surface area contributed by atoms with E-state index < -0.39 is 0 Å². The second-order valence-electron chi connectivity index (χ2n) is 4.05. The zero-order valence-corrected chi connectivity index (χ0v) is 8.98. The molecule has 0 unspecified atom stereocenters. The molecule has 0 saturated heterocycles. The maximum Gasteiger partial charge on any atom is 0.132 e. The minimum atomic E-state index is 0.632. The van der Waals surface area contributed by atoms with E-state index in [0.717, 1.165) is 24.0 Å². The van der Waals surface area contributed by atoms with Crippen LogP contribution in [0.5, 0.6) is 0 Å². The lowest BCUT2D eigenvalue weighted by atomic mass is 10.3. The number of aromatic nitrogens is 2. The lowest BCUT2D eigenvalue weighted by Crippen LogP contribution is -2.27. The molecule has 78 valence electrons. The second-order valence-corrected chi connectivity index (χ2v) is 4.05. The van der Waals surface area contributed by atoms with Gasteiger partial charge in [0.2, 0.25) is 0 Å². The van der Waals surface area contributed by atoms with Crippen LogP contribution in [-0.4, -0.2) is 23.1 Å². The second kappa shape index (κ2) is 4.31. The molecule has 0 aliphatic heterocycles. The summed E-state index contributed by atoms with van der Waals surface area (Å²) in [5, 5.41) is 0. The van der Waals surface area contributed by atoms with E-state index in [0.29, 0.717) is 6.54 Å². The molecule has 1 aliphatic carbocycles. The molecule has 15 heavy (non-hydrogen) atoms. The molecule has 0 spiro atoms. The summed E-state index contributed by atoms with van der Waals surface area (Å²) in [5.41, 5.74) is 0.984. The highest BCUT2D eigenvalue weighted by molar-refractivity contribution is 5.40. The van der Waals surface area contributed by atoms with Gasteiger partial charge in [-0.1, -0.05) is 5.92 Å². The highest BCUT2D eigenvalue weighted by Crippen LogP contribution is 2.30. The van der Waals surface area contributed by atoms with Crippen molar-refractivity contribution in [2.24, 2.45) is 5.92 Å². The van der Waals surface area contributed by atoms with Crippen molar-refractivity contribution in [2.45, 2.75) is 19.8 Å². The molecule has 2 rings (SSSR count). The number of anilines is 1. The van der Waals surface area contributed by atoms with Crippen LogP contribution in [-0.2, 0) is 0 Å². The van der Waals surface area contributed by atoms with Gasteiger partial charge in [-0.25, -0.2) is 9.97 Å². The third kappa shape index (κ3) is 2.69. The molecule has 0 N–H and O–H groups in total. The van der Waals surface area contributed by atoms with Crippen molar-refractivity contribution >= 4 is 5.82 Å². The van der Waals surface area contributed by atoms with Crippen molar-refractivity contribution < 1.29 is 0 Å². The molecule has 0 amide bonds. The maximum absolute atomic E-state index is 5.37. The molecule has 1 aliphatic rings. The first kappa shape index (κ1) is 9.97. The minimum Gasteiger partial charge on any atom is -0.345 e. The Morgan fingerprint density at radius 2 is 2.33 bits per heavy atom. The van der Waals surface area contributed by atoms with Crippen LogP contribution < -0.4 is 4.90 Å². The average molecular weight is 201 g/mol. The molecule has 1 fully saturated rings. The maximum atomic E-state index is 5.37. The smallest absolute Gasteiger partial charge is 0.132 e. The molecular formula is C12H15N3. The fraction of sp³-hybridized carbons (Fsp3) is 0.500. The summed E-state index contributed by atoms with van der Waals surface area (Å²) in [6.07, 6.45) is 9.61. The lowest BCUT2D eigenvalue weighted by molar-refractivity contribution is 0.752. The summed E-state index contributed by atoms with van der Waals surface area (Å²) < 4.78 is 0. The zero-order valence-electron chi connectivity index (χ0n) is 8.98. The summed E-state index contributed by atoms with van der Waals surface area (Å²) in [6, 6.07) is 1.99. The van der Waals surface area contributed by atoms with Gasteiger partial charge in [-0.2, -0.15) is 0 Å². The molecular weight excluding hydrogens is 186 g/mol. The standard InChI is InChI=1S/C12H15N3/c1-3-6-15(8-11-4-5-11)12-7-10(2)13-9-14-12/h1,7,9,11H,4-6,8H2,2H3. The molecule has 0 aromatic carbocycles. The van der Waals surface area contributed by atoms with Crippen LogP contribution in [0.15, 0.2) is 12.4 Å². The monoisotopic (exact) mass is 201 g/mol. The number of aryl methyl sites for hydroxylation is 1. The summed E-state index contributed by atoms with van der Waals surface area (Å²) in [4.78, 5) is 10.5. The van der Waals surface area contributed by atoms with Crippen molar-refractivity contribution in [1.82, 2.24) is 9.97 Å². The Kier molecular flexibility index (Phi) is 2.86. The molecule has 3 nitrogen and oxygen atoms in total. The Hall–Kier alpha value is -1.56. The summed E-state index contributed by atoms with van der Waals surface area (Å²) in [6.45, 7) is 3.63. The van der Waals surface area contributed by atoms with Gasteiger partial charge in [0.1, 0.15) is 12.1 Å². The van der Waals surface area contributed by atoms with Crippen LogP contribution in [0.25, 0.3) is 0 Å². The fourth-order valence-electron chi connectivity index (χ4n) is 1.57. The zero-order chi connectivity index (χ0) is 10.7. The first-order chi connectivity index (χ1) is 7.29. The fourth-order valence-corrected chi connectivity index (χ4v) is 1.57. The van der Waals surface area contributed by atoms with Crippen LogP contribution in [0, 0.1) is 25.2 Å². The summed E-state index contributed by atoms with van der Waals surface area (Å²) in [7, 11) is 0. The van der Waals surface area contributed by atoms with Crippen LogP contribution >= 0.6 is 0 Å². The molecule has 0 radical (unpaired) electrons. The van der Waals surface area contributed by atoms with Gasteiger partial charge in [-0.15, -0.1) is 6.42 Å². The van der Waals surface area contributed by atoms with Crippen molar-refractivity contribution in [2.75, 3.05) is 18.0 Å². The van der Waals surface area contributed by atoms with E-state index in [1.54, 1.807) is 6.33 Å². The number of rotatable bonds is 4. The van der Waals surface area contributed by atoms with Crippen molar-refractivity contribution in [3.05, 3.63) is 18.1 Å². The molecule has 1 aromatic heterocycles. The van der Waals surface area contributed by atoms with E-state index in [-0.39, 0.29) is 0 Å². The molecule has 1 aromatic rings. The molecule has 0 atom stereocenters. The Labute approximate surface area is 90.5 Å². The van der Waals surface area contributed by atoms with Gasteiger partial charge in [0.05, 0.1) is 6.54 Å². The Balaban J connectivity index is 2.11. The third-order valence-electron chi connectivity index (χ3n) is 2.57. The van der Waals surface area contributed by atoms with Crippen LogP contribution in [0.2, 0.25) is 0 Å². The van der Waals surface area contributed by atoms with E-state index in [1.807, 2.05) is 13.0 Å². The largest absolute Gasteiger partial charge is 0.345 e. The van der Waals surface area contributed by atoms with E-state index in [2.05, 4.69) is 20.8 Å². The lowest BCUT2D eigenvalue weighted by Gasteiger charge is -2.20. The first-order valence-electron chi connectivity index (χ1n) is 5.26. The van der Waals surface area contributed by atoms with E-state index in [4.69, 9.17) is 6.42 Å². The van der Waals surface area contributed by atoms with E-state index in [1.165, 1.54) is 12.8 Å². The highest BCUT2D eigenvalue weighted by Gasteiger charge is 2.24. The topological polar surface area (TPSA) is 29.0 Å². The molecule has 1 saturated carbocycles. The van der Waals surface area contributed by atoms with Gasteiger partial charge in [0.15, 0.2) is 0 Å². The van der Waals surface area contributed by atoms with Crippen LogP contribution in [0.1, 0.15) is 18.5 Å². The highest BCUT2D eigenvalue weighted by atomic mass is 15.2. The van der Waals surface area contributed by atoms with Gasteiger partial charge >= 0.3 is 0 Å². The Morgan fingerprint density at radius 1 is 1.53 bits per heavy atom. The van der Waals surface area contributed by atoms with E-state index in [9.17, 15) is 0 Å². The SMILES string of the molecule is C#CCN(CC1CC1)c1cc(C)ncn1. The molecule has 3 heteroatoms. The first-order valence-corrected chi connectivity index (χ1v) is 5.26. The van der Waals surface area contributed by atoms with Gasteiger partial charge in [0, 0.05) is 18.3 Å². The number of hydrogen-bond acceptors (Lipinski definition) is 3. The predicted molar refractivity (Wildman–Crippen MR) is 60.5 cm³/mol. The summed E-state index contributed by atoms with van der Waals surface area (Å²) in [5.74, 6) is 4.45. The number of nitrogens with zero attached hydrogens (tertiary/aromatic N) is 3. The summed E-state index contributed by atoms with van der Waals surface area (Å²) >= 11 is 0. The number of terminal acetylenes is 1. The van der Waals surface area contributed by atoms with Crippen molar-refractivity contribution in [3.63, 3.8) is 0 Å².